The molecule has 1 aromatic carbocycles. The third-order valence-corrected chi connectivity index (χ3v) is 6.74. The molecule has 0 unspecified atom stereocenters. The number of fused-ring (bicyclic) bond motifs is 1. The molecule has 2 aromatic rings. The van der Waals surface area contributed by atoms with Crippen LogP contribution in [0.25, 0.3) is 10.2 Å². The number of nitrogens with zero attached hydrogens (tertiary/aromatic N) is 3. The Hall–Kier alpha value is -1.99. The van der Waals surface area contributed by atoms with Crippen molar-refractivity contribution in [1.82, 2.24) is 14.8 Å². The van der Waals surface area contributed by atoms with Gasteiger partial charge in [0.25, 0.3) is 5.91 Å². The normalized spacial score (nSPS) is 19.7. The van der Waals surface area contributed by atoms with E-state index in [0.29, 0.717) is 6.04 Å². The summed E-state index contributed by atoms with van der Waals surface area (Å²) in [6, 6.07) is 6.21. The third-order valence-electron chi connectivity index (χ3n) is 5.58. The van der Waals surface area contributed by atoms with Gasteiger partial charge in [-0.2, -0.15) is 0 Å². The molecule has 6 nitrogen and oxygen atoms in total. The summed E-state index contributed by atoms with van der Waals surface area (Å²) in [5.74, 6) is -0.0652. The summed E-state index contributed by atoms with van der Waals surface area (Å²) < 4.78 is 1.08. The molecule has 1 aromatic heterocycles. The van der Waals surface area contributed by atoms with Gasteiger partial charge >= 0.3 is 0 Å². The number of aromatic nitrogens is 1. The van der Waals surface area contributed by atoms with Crippen molar-refractivity contribution >= 4 is 33.4 Å². The van der Waals surface area contributed by atoms with Gasteiger partial charge in [-0.05, 0) is 50.6 Å². The van der Waals surface area contributed by atoms with Crippen molar-refractivity contribution in [2.24, 2.45) is 11.7 Å². The molecule has 0 spiro atoms. The van der Waals surface area contributed by atoms with Gasteiger partial charge in [0, 0.05) is 30.6 Å². The van der Waals surface area contributed by atoms with E-state index in [1.807, 2.05) is 23.1 Å². The highest BCUT2D eigenvalue weighted by molar-refractivity contribution is 7.18. The molecule has 0 atom stereocenters. The molecule has 2 amide bonds. The van der Waals surface area contributed by atoms with Gasteiger partial charge in [0.1, 0.15) is 0 Å². The molecular weight excluding hydrogens is 348 g/mol. The van der Waals surface area contributed by atoms with Gasteiger partial charge in [-0.3, -0.25) is 14.5 Å². The summed E-state index contributed by atoms with van der Waals surface area (Å²) in [5, 5.41) is 1.10. The summed E-state index contributed by atoms with van der Waals surface area (Å²) in [4.78, 5) is 32.9. The number of carbonyl (C=O) groups is 2. The third kappa shape index (κ3) is 3.21. The Morgan fingerprint density at radius 1 is 1.27 bits per heavy atom. The number of aryl methyl sites for hydroxylation is 1. The Balaban J connectivity index is 1.35. The molecular formula is C19H24N4O2S. The molecule has 138 valence electrons. The second-order valence-electron chi connectivity index (χ2n) is 7.22. The Morgan fingerprint density at radius 3 is 2.65 bits per heavy atom. The summed E-state index contributed by atoms with van der Waals surface area (Å²) in [6.45, 7) is 5.41. The fourth-order valence-corrected chi connectivity index (χ4v) is 4.79. The minimum atomic E-state index is -0.181. The number of amides is 2. The first kappa shape index (κ1) is 17.4. The van der Waals surface area contributed by atoms with E-state index in [-0.39, 0.29) is 17.7 Å². The number of nitrogens with two attached hydrogens (primary N) is 1. The molecule has 2 N–H and O–H groups in total. The second kappa shape index (κ2) is 6.96. The monoisotopic (exact) mass is 372 g/mol. The van der Waals surface area contributed by atoms with Crippen molar-refractivity contribution in [3.8, 4) is 0 Å². The summed E-state index contributed by atoms with van der Waals surface area (Å²) >= 11 is 1.66. The predicted molar refractivity (Wildman–Crippen MR) is 102 cm³/mol. The lowest BCUT2D eigenvalue weighted by Gasteiger charge is -2.47. The number of carbonyl (C=O) groups excluding carboxylic acids is 2. The van der Waals surface area contributed by atoms with Gasteiger partial charge in [-0.25, -0.2) is 4.98 Å². The minimum Gasteiger partial charge on any atom is -0.369 e. The summed E-state index contributed by atoms with van der Waals surface area (Å²) in [5.41, 5.74) is 7.12. The molecule has 0 bridgehead atoms. The summed E-state index contributed by atoms with van der Waals surface area (Å²) in [7, 11) is 0. The van der Waals surface area contributed by atoms with Crippen LogP contribution < -0.4 is 5.73 Å². The van der Waals surface area contributed by atoms with Gasteiger partial charge in [-0.15, -0.1) is 11.3 Å². The molecule has 7 heteroatoms. The minimum absolute atomic E-state index is 0.0169. The predicted octanol–water partition coefficient (Wildman–Crippen LogP) is 1.88. The van der Waals surface area contributed by atoms with Crippen LogP contribution in [0.2, 0.25) is 0 Å². The zero-order chi connectivity index (χ0) is 18.3. The quantitative estimate of drug-likeness (QED) is 0.889. The van der Waals surface area contributed by atoms with Crippen LogP contribution in [-0.2, 0) is 11.2 Å². The molecule has 0 saturated carbocycles. The highest BCUT2D eigenvalue weighted by Crippen LogP contribution is 2.27. The Morgan fingerprint density at radius 2 is 2.00 bits per heavy atom. The van der Waals surface area contributed by atoms with Crippen LogP contribution in [0.5, 0.6) is 0 Å². The van der Waals surface area contributed by atoms with Crippen LogP contribution in [0.15, 0.2) is 18.2 Å². The van der Waals surface area contributed by atoms with E-state index in [2.05, 4.69) is 16.8 Å². The van der Waals surface area contributed by atoms with Crippen LogP contribution >= 0.6 is 11.3 Å². The number of hydrogen-bond donors (Lipinski definition) is 1. The molecule has 4 rings (SSSR count). The maximum Gasteiger partial charge on any atom is 0.254 e. The van der Waals surface area contributed by atoms with Crippen molar-refractivity contribution in [1.29, 1.82) is 0 Å². The molecule has 0 aliphatic carbocycles. The average Bonchev–Trinajstić information content (AvgIpc) is 3.03. The zero-order valence-corrected chi connectivity index (χ0v) is 15.8. The van der Waals surface area contributed by atoms with Crippen LogP contribution in [0.3, 0.4) is 0 Å². The lowest BCUT2D eigenvalue weighted by atomic mass is 9.93. The van der Waals surface area contributed by atoms with E-state index in [1.54, 1.807) is 11.3 Å². The Kier molecular flexibility index (Phi) is 4.67. The molecule has 26 heavy (non-hydrogen) atoms. The number of piperidine rings is 1. The lowest BCUT2D eigenvalue weighted by molar-refractivity contribution is -0.123. The highest BCUT2D eigenvalue weighted by atomic mass is 32.1. The smallest absolute Gasteiger partial charge is 0.254 e. The van der Waals surface area contributed by atoms with E-state index < -0.39 is 0 Å². The van der Waals surface area contributed by atoms with Crippen molar-refractivity contribution in [2.75, 3.05) is 26.2 Å². The van der Waals surface area contributed by atoms with Gasteiger partial charge in [-0.1, -0.05) is 6.92 Å². The fraction of sp³-hybridized carbons (Fsp3) is 0.526. The zero-order valence-electron chi connectivity index (χ0n) is 15.0. The van der Waals surface area contributed by atoms with Crippen molar-refractivity contribution in [3.63, 3.8) is 0 Å². The number of likely N-dealkylation sites (tertiary alicyclic amines) is 2. The van der Waals surface area contributed by atoms with Crippen molar-refractivity contribution < 1.29 is 9.59 Å². The molecule has 2 saturated heterocycles. The van der Waals surface area contributed by atoms with E-state index >= 15 is 0 Å². The van der Waals surface area contributed by atoms with Crippen LogP contribution in [-0.4, -0.2) is 58.8 Å². The SMILES string of the molecule is CCc1nc2ccc(C(=O)N3CC(N4CCC(C(N)=O)CC4)C3)cc2s1. The van der Waals surface area contributed by atoms with Crippen LogP contribution in [0, 0.1) is 5.92 Å². The molecule has 2 fully saturated rings. The van der Waals surface area contributed by atoms with E-state index in [4.69, 9.17) is 5.73 Å². The van der Waals surface area contributed by atoms with Gasteiger partial charge < -0.3 is 10.6 Å². The first-order chi connectivity index (χ1) is 12.5. The Bertz CT molecular complexity index is 835. The number of hydrogen-bond acceptors (Lipinski definition) is 5. The highest BCUT2D eigenvalue weighted by Gasteiger charge is 2.37. The molecule has 2 aliphatic heterocycles. The van der Waals surface area contributed by atoms with Crippen LogP contribution in [0.1, 0.15) is 35.1 Å². The number of benzene rings is 1. The lowest BCUT2D eigenvalue weighted by Crippen LogP contribution is -2.62. The first-order valence-electron chi connectivity index (χ1n) is 9.27. The molecule has 0 radical (unpaired) electrons. The average molecular weight is 372 g/mol. The summed E-state index contributed by atoms with van der Waals surface area (Å²) in [6.07, 6.45) is 2.59. The topological polar surface area (TPSA) is 79.5 Å². The van der Waals surface area contributed by atoms with E-state index in [1.165, 1.54) is 0 Å². The van der Waals surface area contributed by atoms with Crippen molar-refractivity contribution in [3.05, 3.63) is 28.8 Å². The standard InChI is InChI=1S/C19H24N4O2S/c1-2-17-21-15-4-3-13(9-16(15)26-17)19(25)23-10-14(11-23)22-7-5-12(6-8-22)18(20)24/h3-4,9,12,14H,2,5-8,10-11H2,1H3,(H2,20,24). The Labute approximate surface area is 157 Å². The second-order valence-corrected chi connectivity index (χ2v) is 8.34. The molecule has 3 heterocycles. The van der Waals surface area contributed by atoms with Gasteiger partial charge in [0.05, 0.1) is 15.2 Å². The van der Waals surface area contributed by atoms with Crippen molar-refractivity contribution in [2.45, 2.75) is 32.2 Å². The number of rotatable bonds is 4. The maximum atomic E-state index is 12.7. The maximum absolute atomic E-state index is 12.7. The van der Waals surface area contributed by atoms with Gasteiger partial charge in [0.15, 0.2) is 0 Å². The molecule has 2 aliphatic rings. The first-order valence-corrected chi connectivity index (χ1v) is 10.1. The van der Waals surface area contributed by atoms with E-state index in [0.717, 1.165) is 66.2 Å². The number of primary amides is 1. The van der Waals surface area contributed by atoms with E-state index in [9.17, 15) is 9.59 Å². The van der Waals surface area contributed by atoms with Crippen LogP contribution in [0.4, 0.5) is 0 Å². The largest absolute Gasteiger partial charge is 0.369 e. The van der Waals surface area contributed by atoms with Gasteiger partial charge in [0.2, 0.25) is 5.91 Å². The fourth-order valence-electron chi connectivity index (χ4n) is 3.84. The number of thiazole rings is 1.